The van der Waals surface area contributed by atoms with E-state index in [0.29, 0.717) is 5.95 Å². The molecule has 4 heterocycles. The molecule has 51 heavy (non-hydrogen) atoms. The van der Waals surface area contributed by atoms with E-state index in [1.54, 1.807) is 0 Å². The Labute approximate surface area is 293 Å². The summed E-state index contributed by atoms with van der Waals surface area (Å²) >= 11 is 0. The van der Waals surface area contributed by atoms with Gasteiger partial charge in [-0.1, -0.05) is 127 Å². The highest BCUT2D eigenvalue weighted by Gasteiger charge is 2.31. The molecule has 0 saturated heterocycles. The van der Waals surface area contributed by atoms with Crippen LogP contribution in [-0.4, -0.2) is 19.1 Å². The van der Waals surface area contributed by atoms with Gasteiger partial charge < -0.3 is 9.13 Å². The number of hydrogen-bond acceptors (Lipinski definition) is 3. The van der Waals surface area contributed by atoms with Crippen molar-refractivity contribution in [3.8, 4) is 33.9 Å². The van der Waals surface area contributed by atoms with Gasteiger partial charge in [-0.3, -0.25) is 4.90 Å². The Morgan fingerprint density at radius 3 is 1.67 bits per heavy atom. The van der Waals surface area contributed by atoms with Crippen LogP contribution in [0.15, 0.2) is 176 Å². The van der Waals surface area contributed by atoms with Crippen molar-refractivity contribution in [3.63, 3.8) is 0 Å². The van der Waals surface area contributed by atoms with E-state index in [-0.39, 0.29) is 0 Å². The van der Waals surface area contributed by atoms with Crippen LogP contribution in [-0.2, 0) is 0 Å². The Balaban J connectivity index is 1.25. The molecule has 0 radical (unpaired) electrons. The van der Waals surface area contributed by atoms with E-state index in [0.717, 1.165) is 50.8 Å². The molecule has 5 nitrogen and oxygen atoms in total. The quantitative estimate of drug-likeness (QED) is 0.190. The molecule has 1 aliphatic rings. The topological polar surface area (TPSA) is 38.9 Å². The molecule has 5 heteroatoms. The molecule has 0 atom stereocenters. The maximum absolute atomic E-state index is 5.30. The first-order valence-corrected chi connectivity index (χ1v) is 17.3. The number of fused-ring (bicyclic) bond motifs is 9. The van der Waals surface area contributed by atoms with Gasteiger partial charge in [0, 0.05) is 38.4 Å². The highest BCUT2D eigenvalue weighted by molar-refractivity contribution is 6.28. The van der Waals surface area contributed by atoms with E-state index in [2.05, 4.69) is 178 Å². The van der Waals surface area contributed by atoms with E-state index in [1.165, 1.54) is 38.1 Å². The summed E-state index contributed by atoms with van der Waals surface area (Å²) in [6.45, 7) is 0. The number of para-hydroxylation sites is 5. The molecule has 0 unspecified atom stereocenters. The maximum Gasteiger partial charge on any atom is 0.235 e. The van der Waals surface area contributed by atoms with Crippen molar-refractivity contribution in [3.05, 3.63) is 176 Å². The largest absolute Gasteiger partial charge is 0.309 e. The summed E-state index contributed by atoms with van der Waals surface area (Å²) in [4.78, 5) is 12.8. The standard InChI is InChI=1S/C46H29N5/c1-4-15-30(16-5-1)36-29-37(31-17-6-2-7-18-31)48-46(47-36)50-39-24-12-13-25-40(39)51-44-33(22-14-26-42(44)50)34-27-28-41-43(45(34)51)35-21-10-11-23-38(35)49(41)32-19-8-3-9-20-32/h1-29H. The van der Waals surface area contributed by atoms with Crippen LogP contribution in [0.5, 0.6) is 0 Å². The summed E-state index contributed by atoms with van der Waals surface area (Å²) in [6, 6.07) is 62.2. The van der Waals surface area contributed by atoms with Crippen molar-refractivity contribution in [2.75, 3.05) is 4.90 Å². The predicted octanol–water partition coefficient (Wildman–Crippen LogP) is 11.8. The predicted molar refractivity (Wildman–Crippen MR) is 210 cm³/mol. The first kappa shape index (κ1) is 27.9. The molecule has 3 aromatic heterocycles. The van der Waals surface area contributed by atoms with Gasteiger partial charge in [0.25, 0.3) is 0 Å². The summed E-state index contributed by atoms with van der Waals surface area (Å²) in [6.07, 6.45) is 0. The minimum Gasteiger partial charge on any atom is -0.309 e. The highest BCUT2D eigenvalue weighted by Crippen LogP contribution is 2.51. The van der Waals surface area contributed by atoms with Crippen LogP contribution in [0.25, 0.3) is 77.5 Å². The smallest absolute Gasteiger partial charge is 0.235 e. The van der Waals surface area contributed by atoms with Crippen molar-refractivity contribution in [1.82, 2.24) is 19.1 Å². The van der Waals surface area contributed by atoms with Crippen molar-refractivity contribution >= 4 is 60.9 Å². The molecule has 0 spiro atoms. The maximum atomic E-state index is 5.30. The lowest BCUT2D eigenvalue weighted by molar-refractivity contribution is 1.05. The van der Waals surface area contributed by atoms with Gasteiger partial charge in [0.1, 0.15) is 0 Å². The van der Waals surface area contributed by atoms with Crippen LogP contribution in [0.3, 0.4) is 0 Å². The van der Waals surface area contributed by atoms with Gasteiger partial charge in [0.2, 0.25) is 5.95 Å². The molecule has 7 aromatic carbocycles. The SMILES string of the molecule is c1ccc(-c2cc(-c3ccccc3)nc(N3c4ccccc4-n4c5c3cccc5c3ccc5c(c6ccccc6n5-c5ccccc5)c34)n2)cc1. The summed E-state index contributed by atoms with van der Waals surface area (Å²) in [7, 11) is 0. The third kappa shape index (κ3) is 4.03. The molecule has 0 saturated carbocycles. The van der Waals surface area contributed by atoms with Crippen LogP contribution < -0.4 is 4.90 Å². The lowest BCUT2D eigenvalue weighted by atomic mass is 10.1. The van der Waals surface area contributed by atoms with Gasteiger partial charge in [-0.05, 0) is 48.5 Å². The van der Waals surface area contributed by atoms with Crippen molar-refractivity contribution in [2.45, 2.75) is 0 Å². The van der Waals surface area contributed by atoms with Crippen molar-refractivity contribution < 1.29 is 0 Å². The zero-order chi connectivity index (χ0) is 33.5. The zero-order valence-electron chi connectivity index (χ0n) is 27.5. The van der Waals surface area contributed by atoms with E-state index in [9.17, 15) is 0 Å². The van der Waals surface area contributed by atoms with Crippen LogP contribution in [0, 0.1) is 0 Å². The molecule has 0 N–H and O–H groups in total. The lowest BCUT2D eigenvalue weighted by Gasteiger charge is -2.32. The molecular formula is C46H29N5. The fourth-order valence-electron chi connectivity index (χ4n) is 8.10. The molecule has 0 bridgehead atoms. The van der Waals surface area contributed by atoms with E-state index in [4.69, 9.17) is 9.97 Å². The molecule has 238 valence electrons. The number of rotatable bonds is 4. The van der Waals surface area contributed by atoms with Gasteiger partial charge in [0.05, 0.1) is 50.5 Å². The first-order chi connectivity index (χ1) is 25.3. The third-order valence-electron chi connectivity index (χ3n) is 10.2. The van der Waals surface area contributed by atoms with Gasteiger partial charge in [0.15, 0.2) is 0 Å². The Morgan fingerprint density at radius 2 is 0.941 bits per heavy atom. The van der Waals surface area contributed by atoms with Crippen LogP contribution in [0.4, 0.5) is 17.3 Å². The Hall–Kier alpha value is -6.98. The molecule has 10 aromatic rings. The van der Waals surface area contributed by atoms with Gasteiger partial charge in [-0.15, -0.1) is 0 Å². The monoisotopic (exact) mass is 651 g/mol. The third-order valence-corrected chi connectivity index (χ3v) is 10.2. The second-order valence-corrected chi connectivity index (χ2v) is 13.0. The van der Waals surface area contributed by atoms with E-state index in [1.807, 2.05) is 12.1 Å². The average Bonchev–Trinajstić information content (AvgIpc) is 3.73. The number of anilines is 3. The number of benzene rings is 7. The van der Waals surface area contributed by atoms with E-state index < -0.39 is 0 Å². The van der Waals surface area contributed by atoms with Gasteiger partial charge in [-0.2, -0.15) is 0 Å². The minimum absolute atomic E-state index is 0.637. The Bertz CT molecular complexity index is 2900. The summed E-state index contributed by atoms with van der Waals surface area (Å²) in [5.74, 6) is 0.637. The zero-order valence-corrected chi connectivity index (χ0v) is 27.5. The number of aromatic nitrogens is 4. The lowest BCUT2D eigenvalue weighted by Crippen LogP contribution is -2.20. The van der Waals surface area contributed by atoms with E-state index >= 15 is 0 Å². The molecule has 0 amide bonds. The molecule has 11 rings (SSSR count). The average molecular weight is 652 g/mol. The van der Waals surface area contributed by atoms with Gasteiger partial charge >= 0.3 is 0 Å². The summed E-state index contributed by atoms with van der Waals surface area (Å²) in [5.41, 5.74) is 12.9. The fourth-order valence-corrected chi connectivity index (χ4v) is 8.10. The van der Waals surface area contributed by atoms with Crippen LogP contribution >= 0.6 is 0 Å². The highest BCUT2D eigenvalue weighted by atomic mass is 15.3. The van der Waals surface area contributed by atoms with Crippen LogP contribution in [0.2, 0.25) is 0 Å². The number of nitrogens with zero attached hydrogens (tertiary/aromatic N) is 5. The second-order valence-electron chi connectivity index (χ2n) is 13.0. The van der Waals surface area contributed by atoms with Gasteiger partial charge in [-0.25, -0.2) is 9.97 Å². The Morgan fingerprint density at radius 1 is 0.373 bits per heavy atom. The summed E-state index contributed by atoms with van der Waals surface area (Å²) < 4.78 is 4.88. The molecule has 0 aliphatic carbocycles. The first-order valence-electron chi connectivity index (χ1n) is 17.3. The minimum atomic E-state index is 0.637. The fraction of sp³-hybridized carbons (Fsp3) is 0. The van der Waals surface area contributed by atoms with Crippen molar-refractivity contribution in [1.29, 1.82) is 0 Å². The molecule has 1 aliphatic heterocycles. The summed E-state index contributed by atoms with van der Waals surface area (Å²) in [5, 5.41) is 4.89. The normalized spacial score (nSPS) is 12.3. The second kappa shape index (κ2) is 10.8. The molecule has 0 fully saturated rings. The number of hydrogen-bond donors (Lipinski definition) is 0. The van der Waals surface area contributed by atoms with Crippen LogP contribution in [0.1, 0.15) is 0 Å². The Kier molecular flexibility index (Phi) is 5.89. The molecular weight excluding hydrogens is 623 g/mol. The van der Waals surface area contributed by atoms with Crippen molar-refractivity contribution in [2.24, 2.45) is 0 Å².